The van der Waals surface area contributed by atoms with Crippen LogP contribution in [-0.2, 0) is 9.59 Å². The van der Waals surface area contributed by atoms with Crippen molar-refractivity contribution in [1.29, 1.82) is 0 Å². The summed E-state index contributed by atoms with van der Waals surface area (Å²) in [5, 5.41) is 2.82. The van der Waals surface area contributed by atoms with Crippen LogP contribution in [0.4, 0.5) is 0 Å². The summed E-state index contributed by atoms with van der Waals surface area (Å²) in [6.07, 6.45) is 4.94. The van der Waals surface area contributed by atoms with E-state index >= 15 is 0 Å². The molecule has 0 bridgehead atoms. The minimum Gasteiger partial charge on any atom is -0.342 e. The van der Waals surface area contributed by atoms with Gasteiger partial charge in [-0.3, -0.25) is 9.59 Å². The summed E-state index contributed by atoms with van der Waals surface area (Å²) < 4.78 is 0. The molecule has 1 saturated heterocycles. The van der Waals surface area contributed by atoms with E-state index in [4.69, 9.17) is 0 Å². The molecule has 2 atom stereocenters. The zero-order valence-electron chi connectivity index (χ0n) is 11.4. The Hall–Kier alpha value is -1.58. The molecule has 2 aliphatic heterocycles. The summed E-state index contributed by atoms with van der Waals surface area (Å²) in [6, 6.07) is 0.291. The maximum Gasteiger partial charge on any atom is 0.249 e. The molecule has 0 unspecified atom stereocenters. The topological polar surface area (TPSA) is 49.4 Å². The maximum atomic E-state index is 12.1. The molecule has 4 nitrogen and oxygen atoms in total. The second kappa shape index (κ2) is 4.26. The molecule has 0 radical (unpaired) electrons. The third kappa shape index (κ3) is 1.96. The number of carbonyl (C=O) groups is 2. The third-order valence-electron chi connectivity index (χ3n) is 3.75. The number of nitrogens with zero attached hydrogens (tertiary/aromatic N) is 1. The van der Waals surface area contributed by atoms with Crippen LogP contribution >= 0.6 is 0 Å². The molecule has 2 heterocycles. The van der Waals surface area contributed by atoms with E-state index in [2.05, 4.69) is 12.2 Å². The van der Waals surface area contributed by atoms with Gasteiger partial charge in [0.1, 0.15) is 11.4 Å². The van der Waals surface area contributed by atoms with Crippen LogP contribution in [0.25, 0.3) is 0 Å². The van der Waals surface area contributed by atoms with Crippen LogP contribution in [-0.4, -0.2) is 28.2 Å². The molecule has 1 fully saturated rings. The van der Waals surface area contributed by atoms with E-state index in [0.29, 0.717) is 11.9 Å². The van der Waals surface area contributed by atoms with E-state index in [0.717, 1.165) is 18.4 Å². The third-order valence-corrected chi connectivity index (χ3v) is 3.75. The maximum absolute atomic E-state index is 12.1. The van der Waals surface area contributed by atoms with E-state index in [1.807, 2.05) is 25.7 Å². The predicted molar refractivity (Wildman–Crippen MR) is 69.6 cm³/mol. The molecule has 2 aliphatic rings. The molecule has 4 heteroatoms. The van der Waals surface area contributed by atoms with Crippen molar-refractivity contribution < 1.29 is 9.59 Å². The minimum atomic E-state index is -0.451. The number of nitrogens with one attached hydrogen (secondary N) is 1. The lowest BCUT2D eigenvalue weighted by Gasteiger charge is -2.33. The number of hydrogen-bond acceptors (Lipinski definition) is 3. The quantitative estimate of drug-likeness (QED) is 0.757. The SMILES string of the molecule is CC(C)=CC(=O)NC1=CC(=O)[C@@]2(C)CC[C@@H](C)N12. The van der Waals surface area contributed by atoms with Gasteiger partial charge in [0.15, 0.2) is 5.78 Å². The molecule has 2 rings (SSSR count). The molecule has 0 aromatic carbocycles. The van der Waals surface area contributed by atoms with Gasteiger partial charge in [0.05, 0.1) is 0 Å². The monoisotopic (exact) mass is 248 g/mol. The Morgan fingerprint density at radius 1 is 1.56 bits per heavy atom. The molecule has 0 saturated carbocycles. The molecule has 1 amide bonds. The molecular weight excluding hydrogens is 228 g/mol. The van der Waals surface area contributed by atoms with Crippen LogP contribution in [0.2, 0.25) is 0 Å². The second-order valence-corrected chi connectivity index (χ2v) is 5.64. The first-order valence-corrected chi connectivity index (χ1v) is 6.36. The average Bonchev–Trinajstić information content (AvgIpc) is 2.65. The van der Waals surface area contributed by atoms with Gasteiger partial charge in [0.25, 0.3) is 0 Å². The Labute approximate surface area is 108 Å². The fourth-order valence-corrected chi connectivity index (χ4v) is 2.84. The van der Waals surface area contributed by atoms with E-state index in [-0.39, 0.29) is 11.7 Å². The second-order valence-electron chi connectivity index (χ2n) is 5.64. The Kier molecular flexibility index (Phi) is 3.05. The number of ketones is 1. The summed E-state index contributed by atoms with van der Waals surface area (Å²) >= 11 is 0. The van der Waals surface area contributed by atoms with Gasteiger partial charge < -0.3 is 10.2 Å². The highest BCUT2D eigenvalue weighted by molar-refractivity contribution is 6.02. The smallest absolute Gasteiger partial charge is 0.249 e. The summed E-state index contributed by atoms with van der Waals surface area (Å²) in [6.45, 7) is 7.78. The summed E-state index contributed by atoms with van der Waals surface area (Å²) in [7, 11) is 0. The van der Waals surface area contributed by atoms with Gasteiger partial charge in [-0.2, -0.15) is 0 Å². The lowest BCUT2D eigenvalue weighted by Crippen LogP contribution is -2.46. The molecule has 0 aliphatic carbocycles. The molecule has 1 N–H and O–H groups in total. The van der Waals surface area contributed by atoms with E-state index in [9.17, 15) is 9.59 Å². The molecule has 0 aromatic rings. The molecule has 0 aromatic heterocycles. The summed E-state index contributed by atoms with van der Waals surface area (Å²) in [5.74, 6) is 0.576. The van der Waals surface area contributed by atoms with E-state index in [1.165, 1.54) is 0 Å². The fraction of sp³-hybridized carbons (Fsp3) is 0.571. The number of allylic oxidation sites excluding steroid dienone is 1. The van der Waals surface area contributed by atoms with Crippen molar-refractivity contribution in [3.05, 3.63) is 23.5 Å². The normalized spacial score (nSPS) is 30.0. The number of hydrogen-bond donors (Lipinski definition) is 1. The van der Waals surface area contributed by atoms with Gasteiger partial charge >= 0.3 is 0 Å². The van der Waals surface area contributed by atoms with Crippen molar-refractivity contribution in [2.24, 2.45) is 0 Å². The first kappa shape index (κ1) is 12.9. The predicted octanol–water partition coefficient (Wildman–Crippen LogP) is 1.74. The van der Waals surface area contributed by atoms with Crippen molar-refractivity contribution >= 4 is 11.7 Å². The van der Waals surface area contributed by atoms with Crippen molar-refractivity contribution in [1.82, 2.24) is 10.2 Å². The number of fused-ring (bicyclic) bond motifs is 1. The molecule has 98 valence electrons. The number of amides is 1. The van der Waals surface area contributed by atoms with Gasteiger partial charge in [-0.15, -0.1) is 0 Å². The molecular formula is C14H20N2O2. The van der Waals surface area contributed by atoms with Crippen molar-refractivity contribution in [3.63, 3.8) is 0 Å². The van der Waals surface area contributed by atoms with Crippen molar-refractivity contribution in [2.75, 3.05) is 0 Å². The van der Waals surface area contributed by atoms with Gasteiger partial charge in [-0.05, 0) is 40.5 Å². The van der Waals surface area contributed by atoms with Crippen molar-refractivity contribution in [2.45, 2.75) is 52.1 Å². The highest BCUT2D eigenvalue weighted by atomic mass is 16.2. The van der Waals surface area contributed by atoms with Crippen LogP contribution in [0.1, 0.15) is 40.5 Å². The highest BCUT2D eigenvalue weighted by Gasteiger charge is 2.50. The van der Waals surface area contributed by atoms with E-state index in [1.54, 1.807) is 12.2 Å². The van der Waals surface area contributed by atoms with Gasteiger partial charge in [0, 0.05) is 18.2 Å². The minimum absolute atomic E-state index is 0.0966. The zero-order valence-corrected chi connectivity index (χ0v) is 11.4. The zero-order chi connectivity index (χ0) is 13.5. The van der Waals surface area contributed by atoms with Crippen LogP contribution in [0.5, 0.6) is 0 Å². The molecule has 0 spiro atoms. The highest BCUT2D eigenvalue weighted by Crippen LogP contribution is 2.41. The number of rotatable bonds is 2. The van der Waals surface area contributed by atoms with Gasteiger partial charge in [-0.25, -0.2) is 0 Å². The Morgan fingerprint density at radius 3 is 2.83 bits per heavy atom. The van der Waals surface area contributed by atoms with Crippen LogP contribution in [0, 0.1) is 0 Å². The lowest BCUT2D eigenvalue weighted by molar-refractivity contribution is -0.122. The van der Waals surface area contributed by atoms with Crippen LogP contribution in [0.15, 0.2) is 23.5 Å². The largest absolute Gasteiger partial charge is 0.342 e. The first-order chi connectivity index (χ1) is 8.34. The van der Waals surface area contributed by atoms with Crippen molar-refractivity contribution in [3.8, 4) is 0 Å². The Morgan fingerprint density at radius 2 is 2.22 bits per heavy atom. The van der Waals surface area contributed by atoms with Gasteiger partial charge in [-0.1, -0.05) is 5.57 Å². The van der Waals surface area contributed by atoms with Crippen LogP contribution in [0.3, 0.4) is 0 Å². The number of carbonyl (C=O) groups excluding carboxylic acids is 2. The van der Waals surface area contributed by atoms with Crippen LogP contribution < -0.4 is 5.32 Å². The Bertz CT molecular complexity index is 460. The summed E-state index contributed by atoms with van der Waals surface area (Å²) in [4.78, 5) is 25.8. The fourth-order valence-electron chi connectivity index (χ4n) is 2.84. The Balaban J connectivity index is 2.20. The summed E-state index contributed by atoms with van der Waals surface area (Å²) in [5.41, 5.74) is 0.488. The molecule has 18 heavy (non-hydrogen) atoms. The van der Waals surface area contributed by atoms with Gasteiger partial charge in [0.2, 0.25) is 5.91 Å². The first-order valence-electron chi connectivity index (χ1n) is 6.36. The average molecular weight is 248 g/mol. The van der Waals surface area contributed by atoms with E-state index < -0.39 is 5.54 Å². The standard InChI is InChI=1S/C14H20N2O2/c1-9(2)7-13(18)15-12-8-11(17)14(4)6-5-10(3)16(12)14/h7-8,10H,5-6H2,1-4H3,(H,15,18)/t10-,14-/m1/s1. The lowest BCUT2D eigenvalue weighted by atomic mass is 9.96.